The summed E-state index contributed by atoms with van der Waals surface area (Å²) in [4.78, 5) is 14.8. The van der Waals surface area contributed by atoms with Gasteiger partial charge in [0, 0.05) is 30.5 Å². The standard InChI is InChI=1S/C13H20BNO4/c1-12(2)13(3,4)19-14(18-12)11-7-10(16)6-9(15-11)8-17-5/h6-7H,8H2,1-5H3,(H,15,16). The Balaban J connectivity index is 2.31. The first kappa shape index (κ1) is 14.3. The monoisotopic (exact) mass is 265 g/mol. The molecule has 2 rings (SSSR count). The Labute approximate surface area is 113 Å². The van der Waals surface area contributed by atoms with E-state index in [0.29, 0.717) is 17.9 Å². The number of pyridine rings is 1. The van der Waals surface area contributed by atoms with Crippen LogP contribution in [0.4, 0.5) is 0 Å². The maximum Gasteiger partial charge on any atom is 0.512 e. The highest BCUT2D eigenvalue weighted by Crippen LogP contribution is 2.36. The predicted molar refractivity (Wildman–Crippen MR) is 73.5 cm³/mol. The van der Waals surface area contributed by atoms with E-state index in [1.165, 1.54) is 12.1 Å². The molecule has 0 bridgehead atoms. The van der Waals surface area contributed by atoms with Gasteiger partial charge >= 0.3 is 7.12 Å². The molecule has 1 aromatic rings. The van der Waals surface area contributed by atoms with E-state index in [2.05, 4.69) is 4.98 Å². The molecule has 19 heavy (non-hydrogen) atoms. The number of H-pyrrole nitrogens is 1. The number of hydrogen-bond acceptors (Lipinski definition) is 4. The van der Waals surface area contributed by atoms with Crippen LogP contribution < -0.4 is 11.0 Å². The minimum atomic E-state index is -0.561. The second kappa shape index (κ2) is 4.78. The summed E-state index contributed by atoms with van der Waals surface area (Å²) in [5, 5.41) is 0. The number of hydrogen-bond donors (Lipinski definition) is 1. The molecule has 104 valence electrons. The Morgan fingerprint density at radius 2 is 1.79 bits per heavy atom. The number of ether oxygens (including phenoxy) is 1. The van der Waals surface area contributed by atoms with Crippen LogP contribution in [0.15, 0.2) is 16.9 Å². The third-order valence-electron chi connectivity index (χ3n) is 3.73. The van der Waals surface area contributed by atoms with Crippen molar-refractivity contribution < 1.29 is 14.0 Å². The minimum Gasteiger partial charge on any atom is -0.398 e. The second-order valence-corrected chi connectivity index (χ2v) is 5.82. The molecule has 5 nitrogen and oxygen atoms in total. The molecule has 1 aliphatic rings. The van der Waals surface area contributed by atoms with E-state index in [9.17, 15) is 4.79 Å². The van der Waals surface area contributed by atoms with Gasteiger partial charge in [0.1, 0.15) is 0 Å². The smallest absolute Gasteiger partial charge is 0.398 e. The van der Waals surface area contributed by atoms with Crippen molar-refractivity contribution in [1.29, 1.82) is 0 Å². The number of rotatable bonds is 3. The van der Waals surface area contributed by atoms with Crippen LogP contribution in [0.1, 0.15) is 33.4 Å². The second-order valence-electron chi connectivity index (χ2n) is 5.82. The van der Waals surface area contributed by atoms with Gasteiger partial charge in [-0.25, -0.2) is 0 Å². The van der Waals surface area contributed by atoms with Crippen molar-refractivity contribution >= 4 is 12.7 Å². The van der Waals surface area contributed by atoms with Gasteiger partial charge in [-0.05, 0) is 27.7 Å². The average molecular weight is 265 g/mol. The molecule has 0 radical (unpaired) electrons. The zero-order valence-electron chi connectivity index (χ0n) is 12.1. The molecule has 0 amide bonds. The van der Waals surface area contributed by atoms with Gasteiger partial charge in [-0.3, -0.25) is 4.79 Å². The van der Waals surface area contributed by atoms with Crippen molar-refractivity contribution in [3.8, 4) is 0 Å². The summed E-state index contributed by atoms with van der Waals surface area (Å²) < 4.78 is 16.8. The Morgan fingerprint density at radius 3 is 2.32 bits per heavy atom. The molecule has 1 aromatic heterocycles. The van der Waals surface area contributed by atoms with Crippen molar-refractivity contribution in [3.63, 3.8) is 0 Å². The minimum absolute atomic E-state index is 0.0875. The lowest BCUT2D eigenvalue weighted by Gasteiger charge is -2.32. The van der Waals surface area contributed by atoms with E-state index in [-0.39, 0.29) is 5.43 Å². The van der Waals surface area contributed by atoms with Crippen LogP contribution in [-0.2, 0) is 20.7 Å². The van der Waals surface area contributed by atoms with Gasteiger partial charge in [-0.15, -0.1) is 0 Å². The van der Waals surface area contributed by atoms with Crippen LogP contribution >= 0.6 is 0 Å². The fraction of sp³-hybridized carbons (Fsp3) is 0.615. The molecule has 0 saturated carbocycles. The first-order valence-corrected chi connectivity index (χ1v) is 6.33. The van der Waals surface area contributed by atoms with Gasteiger partial charge in [-0.1, -0.05) is 0 Å². The van der Waals surface area contributed by atoms with Gasteiger partial charge in [0.05, 0.1) is 17.8 Å². The first-order valence-electron chi connectivity index (χ1n) is 6.33. The molecule has 0 aromatic carbocycles. The van der Waals surface area contributed by atoms with Gasteiger partial charge in [0.15, 0.2) is 5.43 Å². The fourth-order valence-electron chi connectivity index (χ4n) is 1.95. The van der Waals surface area contributed by atoms with Gasteiger partial charge in [0.25, 0.3) is 0 Å². The summed E-state index contributed by atoms with van der Waals surface area (Å²) in [5.74, 6) is 0. The highest BCUT2D eigenvalue weighted by molar-refractivity contribution is 6.61. The zero-order valence-corrected chi connectivity index (χ0v) is 12.1. The Bertz CT molecular complexity index is 508. The quantitative estimate of drug-likeness (QED) is 0.822. The maximum absolute atomic E-state index is 11.7. The molecular formula is C13H20BNO4. The van der Waals surface area contributed by atoms with Crippen LogP contribution in [0, 0.1) is 0 Å². The Hall–Kier alpha value is -1.11. The molecule has 1 N–H and O–H groups in total. The normalized spacial score (nSPS) is 20.8. The van der Waals surface area contributed by atoms with Crippen molar-refractivity contribution in [2.45, 2.75) is 45.5 Å². The Kier molecular flexibility index (Phi) is 3.60. The first-order chi connectivity index (χ1) is 8.75. The largest absolute Gasteiger partial charge is 0.512 e. The van der Waals surface area contributed by atoms with Gasteiger partial charge in [0.2, 0.25) is 0 Å². The van der Waals surface area contributed by atoms with E-state index < -0.39 is 18.3 Å². The summed E-state index contributed by atoms with van der Waals surface area (Å²) in [6.07, 6.45) is 0. The highest BCUT2D eigenvalue weighted by atomic mass is 16.7. The summed E-state index contributed by atoms with van der Waals surface area (Å²) in [6, 6.07) is 3.01. The van der Waals surface area contributed by atoms with Gasteiger partial charge < -0.3 is 19.0 Å². The van der Waals surface area contributed by atoms with E-state index in [0.717, 1.165) is 0 Å². The lowest BCUT2D eigenvalue weighted by Crippen LogP contribution is -2.41. The van der Waals surface area contributed by atoms with Gasteiger partial charge in [-0.2, -0.15) is 0 Å². The molecule has 0 atom stereocenters. The third kappa shape index (κ3) is 2.75. The predicted octanol–water partition coefficient (Wildman–Crippen LogP) is 0.820. The topological polar surface area (TPSA) is 60.6 Å². The molecule has 0 unspecified atom stereocenters. The zero-order chi connectivity index (χ0) is 14.3. The Morgan fingerprint density at radius 1 is 1.21 bits per heavy atom. The molecular weight excluding hydrogens is 245 g/mol. The van der Waals surface area contributed by atoms with Crippen LogP contribution in [0.2, 0.25) is 0 Å². The molecule has 1 fully saturated rings. The van der Waals surface area contributed by atoms with E-state index in [1.54, 1.807) is 7.11 Å². The van der Waals surface area contributed by atoms with Crippen molar-refractivity contribution in [2.24, 2.45) is 0 Å². The molecule has 1 aliphatic heterocycles. The van der Waals surface area contributed by atoms with Crippen molar-refractivity contribution in [3.05, 3.63) is 28.0 Å². The number of aromatic nitrogens is 1. The van der Waals surface area contributed by atoms with Crippen LogP contribution in [0.5, 0.6) is 0 Å². The molecule has 0 spiro atoms. The number of nitrogens with one attached hydrogen (secondary N) is 1. The van der Waals surface area contributed by atoms with Crippen molar-refractivity contribution in [1.82, 2.24) is 4.98 Å². The summed E-state index contributed by atoms with van der Waals surface area (Å²) in [7, 11) is 1.02. The van der Waals surface area contributed by atoms with Crippen LogP contribution in [0.25, 0.3) is 0 Å². The summed E-state index contributed by atoms with van der Waals surface area (Å²) in [5.41, 5.74) is 0.394. The molecule has 2 heterocycles. The molecule has 6 heteroatoms. The van der Waals surface area contributed by atoms with E-state index in [1.807, 2.05) is 27.7 Å². The molecule has 1 saturated heterocycles. The average Bonchev–Trinajstić information content (AvgIpc) is 2.48. The maximum atomic E-state index is 11.7. The summed E-state index contributed by atoms with van der Waals surface area (Å²) in [6.45, 7) is 8.25. The fourth-order valence-corrected chi connectivity index (χ4v) is 1.95. The van der Waals surface area contributed by atoms with E-state index in [4.69, 9.17) is 14.0 Å². The number of aromatic amines is 1. The SMILES string of the molecule is COCc1cc(=O)cc(B2OC(C)(C)C(C)(C)O2)[nH]1. The number of methoxy groups -OCH3 is 1. The van der Waals surface area contributed by atoms with Crippen LogP contribution in [0.3, 0.4) is 0 Å². The lowest BCUT2D eigenvalue weighted by atomic mass is 9.84. The van der Waals surface area contributed by atoms with E-state index >= 15 is 0 Å². The van der Waals surface area contributed by atoms with Crippen LogP contribution in [-0.4, -0.2) is 30.4 Å². The lowest BCUT2D eigenvalue weighted by molar-refractivity contribution is 0.00578. The summed E-state index contributed by atoms with van der Waals surface area (Å²) >= 11 is 0. The highest BCUT2D eigenvalue weighted by Gasteiger charge is 2.52. The molecule has 0 aliphatic carbocycles. The van der Waals surface area contributed by atoms with Crippen molar-refractivity contribution in [2.75, 3.05) is 7.11 Å². The third-order valence-corrected chi connectivity index (χ3v) is 3.73.